The van der Waals surface area contributed by atoms with Gasteiger partial charge in [-0.1, -0.05) is 28.1 Å². The van der Waals surface area contributed by atoms with Gasteiger partial charge in [0.2, 0.25) is 0 Å². The Morgan fingerprint density at radius 3 is 2.73 bits per heavy atom. The number of benzene rings is 1. The predicted octanol–water partition coefficient (Wildman–Crippen LogP) is 2.39. The smallest absolute Gasteiger partial charge is 0.0615 e. The van der Waals surface area contributed by atoms with E-state index in [9.17, 15) is 5.11 Å². The third-order valence-corrected chi connectivity index (χ3v) is 3.37. The number of aliphatic hydroxyl groups is 1. The van der Waals surface area contributed by atoms with Gasteiger partial charge in [-0.2, -0.15) is 0 Å². The number of rotatable bonds is 2. The average Bonchev–Trinajstić information content (AvgIpc) is 2.25. The molecule has 1 heterocycles. The number of hydrogen-bond acceptors (Lipinski definition) is 2. The highest BCUT2D eigenvalue weighted by atomic mass is 79.9. The molecule has 0 aliphatic carbocycles. The van der Waals surface area contributed by atoms with E-state index in [1.54, 1.807) is 0 Å². The van der Waals surface area contributed by atoms with Crippen molar-refractivity contribution in [2.45, 2.75) is 18.9 Å². The maximum absolute atomic E-state index is 9.80. The lowest BCUT2D eigenvalue weighted by atomic mass is 9.92. The summed E-state index contributed by atoms with van der Waals surface area (Å²) in [5, 5.41) is 9.80. The van der Waals surface area contributed by atoms with Gasteiger partial charge in [-0.15, -0.1) is 0 Å². The first kappa shape index (κ1) is 11.1. The molecule has 0 spiro atoms. The molecule has 0 bridgehead atoms. The standard InChI is InChI=1S/C12H15BrO2/c13-11-3-1-9(2-4-11)7-10-8-15-6-5-12(10)14/h1-4,10,12,14H,5-8H2/t10-,12+/m1/s1. The Kier molecular flexibility index (Phi) is 3.78. The lowest BCUT2D eigenvalue weighted by Gasteiger charge is -2.27. The van der Waals surface area contributed by atoms with E-state index in [4.69, 9.17) is 4.74 Å². The predicted molar refractivity (Wildman–Crippen MR) is 62.8 cm³/mol. The molecule has 1 aliphatic heterocycles. The molecule has 2 atom stereocenters. The Labute approximate surface area is 98.4 Å². The van der Waals surface area contributed by atoms with Crippen LogP contribution in [0.15, 0.2) is 28.7 Å². The molecule has 1 saturated heterocycles. The minimum Gasteiger partial charge on any atom is -0.393 e. The molecule has 0 radical (unpaired) electrons. The van der Waals surface area contributed by atoms with Gasteiger partial charge in [-0.05, 0) is 30.5 Å². The van der Waals surface area contributed by atoms with Crippen LogP contribution in [0.25, 0.3) is 0 Å². The summed E-state index contributed by atoms with van der Waals surface area (Å²) in [5.74, 6) is 0.250. The molecule has 0 saturated carbocycles. The fourth-order valence-corrected chi connectivity index (χ4v) is 2.17. The van der Waals surface area contributed by atoms with Crippen molar-refractivity contribution in [1.29, 1.82) is 0 Å². The summed E-state index contributed by atoms with van der Waals surface area (Å²) in [6.45, 7) is 1.37. The van der Waals surface area contributed by atoms with Gasteiger partial charge in [0.25, 0.3) is 0 Å². The maximum Gasteiger partial charge on any atom is 0.0615 e. The fourth-order valence-electron chi connectivity index (χ4n) is 1.90. The molecule has 0 amide bonds. The molecular weight excluding hydrogens is 256 g/mol. The Balaban J connectivity index is 1.98. The summed E-state index contributed by atoms with van der Waals surface area (Å²) < 4.78 is 6.47. The number of halogens is 1. The molecule has 1 aromatic carbocycles. The quantitative estimate of drug-likeness (QED) is 0.895. The van der Waals surface area contributed by atoms with Gasteiger partial charge in [-0.3, -0.25) is 0 Å². The van der Waals surface area contributed by atoms with E-state index in [1.807, 2.05) is 12.1 Å². The lowest BCUT2D eigenvalue weighted by molar-refractivity contribution is -0.0350. The molecule has 1 aliphatic rings. The minimum absolute atomic E-state index is 0.206. The van der Waals surface area contributed by atoms with E-state index >= 15 is 0 Å². The Morgan fingerprint density at radius 2 is 2.07 bits per heavy atom. The third kappa shape index (κ3) is 3.03. The zero-order chi connectivity index (χ0) is 10.7. The minimum atomic E-state index is -0.206. The summed E-state index contributed by atoms with van der Waals surface area (Å²) in [6.07, 6.45) is 1.46. The summed E-state index contributed by atoms with van der Waals surface area (Å²) in [6, 6.07) is 8.24. The van der Waals surface area contributed by atoms with E-state index in [2.05, 4.69) is 28.1 Å². The highest BCUT2D eigenvalue weighted by Gasteiger charge is 2.23. The van der Waals surface area contributed by atoms with E-state index in [1.165, 1.54) is 5.56 Å². The van der Waals surface area contributed by atoms with Crippen LogP contribution in [0.2, 0.25) is 0 Å². The van der Waals surface area contributed by atoms with Crippen molar-refractivity contribution in [2.75, 3.05) is 13.2 Å². The second kappa shape index (κ2) is 5.10. The van der Waals surface area contributed by atoms with Gasteiger partial charge in [0.15, 0.2) is 0 Å². The van der Waals surface area contributed by atoms with Crippen LogP contribution in [0.5, 0.6) is 0 Å². The van der Waals surface area contributed by atoms with Crippen molar-refractivity contribution < 1.29 is 9.84 Å². The summed E-state index contributed by atoms with van der Waals surface area (Å²) in [4.78, 5) is 0. The van der Waals surface area contributed by atoms with Crippen molar-refractivity contribution in [2.24, 2.45) is 5.92 Å². The van der Waals surface area contributed by atoms with Crippen molar-refractivity contribution in [1.82, 2.24) is 0 Å². The van der Waals surface area contributed by atoms with Crippen LogP contribution in [0.4, 0.5) is 0 Å². The van der Waals surface area contributed by atoms with Crippen molar-refractivity contribution in [3.63, 3.8) is 0 Å². The van der Waals surface area contributed by atoms with E-state index in [0.717, 1.165) is 17.3 Å². The first-order valence-electron chi connectivity index (χ1n) is 5.26. The molecule has 1 fully saturated rings. The van der Waals surface area contributed by atoms with Crippen LogP contribution in [0.3, 0.4) is 0 Å². The largest absolute Gasteiger partial charge is 0.393 e. The van der Waals surface area contributed by atoms with E-state index < -0.39 is 0 Å². The molecular formula is C12H15BrO2. The van der Waals surface area contributed by atoms with Gasteiger partial charge in [0, 0.05) is 17.0 Å². The molecule has 1 aromatic rings. The fraction of sp³-hybridized carbons (Fsp3) is 0.500. The SMILES string of the molecule is O[C@H]1CCOC[C@H]1Cc1ccc(Br)cc1. The van der Waals surface area contributed by atoms with Crippen molar-refractivity contribution in [3.05, 3.63) is 34.3 Å². The first-order valence-corrected chi connectivity index (χ1v) is 6.05. The molecule has 3 heteroatoms. The van der Waals surface area contributed by atoms with Gasteiger partial charge in [0.1, 0.15) is 0 Å². The van der Waals surface area contributed by atoms with Crippen LogP contribution in [0.1, 0.15) is 12.0 Å². The molecule has 2 nitrogen and oxygen atoms in total. The van der Waals surface area contributed by atoms with Crippen LogP contribution in [-0.4, -0.2) is 24.4 Å². The Hall–Kier alpha value is -0.380. The van der Waals surface area contributed by atoms with Gasteiger partial charge in [-0.25, -0.2) is 0 Å². The van der Waals surface area contributed by atoms with E-state index in [-0.39, 0.29) is 12.0 Å². The van der Waals surface area contributed by atoms with Crippen LogP contribution < -0.4 is 0 Å². The van der Waals surface area contributed by atoms with Crippen LogP contribution in [-0.2, 0) is 11.2 Å². The van der Waals surface area contributed by atoms with Crippen LogP contribution >= 0.6 is 15.9 Å². The highest BCUT2D eigenvalue weighted by molar-refractivity contribution is 9.10. The monoisotopic (exact) mass is 270 g/mol. The number of hydrogen-bond donors (Lipinski definition) is 1. The lowest BCUT2D eigenvalue weighted by Crippen LogP contribution is -2.33. The highest BCUT2D eigenvalue weighted by Crippen LogP contribution is 2.20. The Bertz CT molecular complexity index is 310. The number of ether oxygens (including phenoxy) is 1. The molecule has 0 unspecified atom stereocenters. The maximum atomic E-state index is 9.80. The van der Waals surface area contributed by atoms with Crippen LogP contribution in [0, 0.1) is 5.92 Å². The molecule has 15 heavy (non-hydrogen) atoms. The molecule has 82 valence electrons. The summed E-state index contributed by atoms with van der Waals surface area (Å²) in [7, 11) is 0. The van der Waals surface area contributed by atoms with Crippen molar-refractivity contribution >= 4 is 15.9 Å². The topological polar surface area (TPSA) is 29.5 Å². The second-order valence-corrected chi connectivity index (χ2v) is 4.94. The zero-order valence-corrected chi connectivity index (χ0v) is 10.1. The summed E-state index contributed by atoms with van der Waals surface area (Å²) >= 11 is 3.41. The third-order valence-electron chi connectivity index (χ3n) is 2.85. The number of aliphatic hydroxyl groups excluding tert-OH is 1. The van der Waals surface area contributed by atoms with E-state index in [0.29, 0.717) is 13.2 Å². The molecule has 2 rings (SSSR count). The van der Waals surface area contributed by atoms with Gasteiger partial charge < -0.3 is 9.84 Å². The summed E-state index contributed by atoms with van der Waals surface area (Å²) in [5.41, 5.74) is 1.26. The van der Waals surface area contributed by atoms with Crippen molar-refractivity contribution in [3.8, 4) is 0 Å². The molecule has 1 N–H and O–H groups in total. The Morgan fingerprint density at radius 1 is 1.33 bits per heavy atom. The second-order valence-electron chi connectivity index (χ2n) is 4.02. The molecule has 0 aromatic heterocycles. The average molecular weight is 271 g/mol. The zero-order valence-electron chi connectivity index (χ0n) is 8.53. The first-order chi connectivity index (χ1) is 7.25. The van der Waals surface area contributed by atoms with Gasteiger partial charge >= 0.3 is 0 Å². The normalized spacial score (nSPS) is 26.5. The van der Waals surface area contributed by atoms with Gasteiger partial charge in [0.05, 0.1) is 12.7 Å².